The first kappa shape index (κ1) is 16.8. The molecule has 0 fully saturated rings. The number of hydrogen-bond acceptors (Lipinski definition) is 1. The molecule has 22 heavy (non-hydrogen) atoms. The van der Waals surface area contributed by atoms with Crippen LogP contribution in [0.3, 0.4) is 0 Å². The summed E-state index contributed by atoms with van der Waals surface area (Å²) < 4.78 is 1.06. The summed E-state index contributed by atoms with van der Waals surface area (Å²) in [7, 11) is 0. The average molecular weight is 360 g/mol. The molecule has 0 atom stereocenters. The molecule has 0 unspecified atom stereocenters. The maximum absolute atomic E-state index is 12.0. The summed E-state index contributed by atoms with van der Waals surface area (Å²) in [5, 5.41) is 2.96. The van der Waals surface area contributed by atoms with Gasteiger partial charge in [-0.05, 0) is 48.6 Å². The molecule has 2 aromatic carbocycles. The fraction of sp³-hybridized carbons (Fsp3) is 0.316. The summed E-state index contributed by atoms with van der Waals surface area (Å²) in [6.45, 7) is 2.19. The van der Waals surface area contributed by atoms with Gasteiger partial charge in [0, 0.05) is 16.6 Å². The van der Waals surface area contributed by atoms with Gasteiger partial charge >= 0.3 is 0 Å². The van der Waals surface area contributed by atoms with Crippen LogP contribution in [-0.4, -0.2) is 5.91 Å². The molecule has 2 aromatic rings. The molecule has 2 rings (SSSR count). The molecule has 0 saturated carbocycles. The molecule has 116 valence electrons. The normalized spacial score (nSPS) is 10.5. The third-order valence-electron chi connectivity index (χ3n) is 3.64. The predicted molar refractivity (Wildman–Crippen MR) is 96.1 cm³/mol. The molecule has 0 aliphatic heterocycles. The lowest BCUT2D eigenvalue weighted by Crippen LogP contribution is -2.12. The first-order chi connectivity index (χ1) is 10.7. The highest BCUT2D eigenvalue weighted by molar-refractivity contribution is 9.10. The number of rotatable bonds is 7. The second kappa shape index (κ2) is 8.74. The standard InChI is InChI=1S/C19H22BrNO/c1-2-3-6-15-9-12-17(13-10-15)21-19(22)14-11-16-7-4-5-8-18(16)20/h4-5,7-10,12-13H,2-3,6,11,14H2,1H3,(H,21,22). The highest BCUT2D eigenvalue weighted by Crippen LogP contribution is 2.18. The molecular weight excluding hydrogens is 338 g/mol. The maximum atomic E-state index is 12.0. The van der Waals surface area contributed by atoms with Crippen molar-refractivity contribution in [2.75, 3.05) is 5.32 Å². The van der Waals surface area contributed by atoms with Gasteiger partial charge in [-0.15, -0.1) is 0 Å². The van der Waals surface area contributed by atoms with Crippen LogP contribution >= 0.6 is 15.9 Å². The van der Waals surface area contributed by atoms with Crippen molar-refractivity contribution >= 4 is 27.5 Å². The molecule has 2 nitrogen and oxygen atoms in total. The number of aryl methyl sites for hydroxylation is 2. The number of anilines is 1. The molecule has 0 spiro atoms. The van der Waals surface area contributed by atoms with Gasteiger partial charge in [0.05, 0.1) is 0 Å². The van der Waals surface area contributed by atoms with Gasteiger partial charge in [-0.25, -0.2) is 0 Å². The first-order valence-electron chi connectivity index (χ1n) is 7.81. The number of unbranched alkanes of at least 4 members (excludes halogenated alkanes) is 1. The minimum absolute atomic E-state index is 0.0528. The number of carbonyl (C=O) groups excluding carboxylic acids is 1. The molecule has 1 N–H and O–H groups in total. The average Bonchev–Trinajstić information content (AvgIpc) is 2.53. The van der Waals surface area contributed by atoms with E-state index in [1.807, 2.05) is 36.4 Å². The molecule has 0 aromatic heterocycles. The molecule has 0 heterocycles. The van der Waals surface area contributed by atoms with E-state index < -0.39 is 0 Å². The minimum atomic E-state index is 0.0528. The van der Waals surface area contributed by atoms with E-state index in [4.69, 9.17) is 0 Å². The van der Waals surface area contributed by atoms with Crippen LogP contribution in [0.5, 0.6) is 0 Å². The molecule has 0 radical (unpaired) electrons. The lowest BCUT2D eigenvalue weighted by atomic mass is 10.1. The Morgan fingerprint density at radius 1 is 1.05 bits per heavy atom. The van der Waals surface area contributed by atoms with Crippen molar-refractivity contribution in [2.24, 2.45) is 0 Å². The third-order valence-corrected chi connectivity index (χ3v) is 4.41. The lowest BCUT2D eigenvalue weighted by Gasteiger charge is -2.07. The zero-order valence-electron chi connectivity index (χ0n) is 12.9. The van der Waals surface area contributed by atoms with E-state index in [-0.39, 0.29) is 5.91 Å². The van der Waals surface area contributed by atoms with Crippen LogP contribution in [0.15, 0.2) is 53.0 Å². The van der Waals surface area contributed by atoms with E-state index in [0.29, 0.717) is 6.42 Å². The van der Waals surface area contributed by atoms with Gasteiger partial charge < -0.3 is 5.32 Å². The van der Waals surface area contributed by atoms with Gasteiger partial charge in [0.25, 0.3) is 0 Å². The molecule has 1 amide bonds. The number of benzene rings is 2. The molecule has 0 aliphatic rings. The van der Waals surface area contributed by atoms with Crippen molar-refractivity contribution in [1.29, 1.82) is 0 Å². The number of halogens is 1. The van der Waals surface area contributed by atoms with Crippen LogP contribution in [0.4, 0.5) is 5.69 Å². The molecule has 0 saturated heterocycles. The Morgan fingerprint density at radius 3 is 2.45 bits per heavy atom. The Balaban J connectivity index is 1.83. The van der Waals surface area contributed by atoms with Crippen molar-refractivity contribution in [2.45, 2.75) is 39.0 Å². The van der Waals surface area contributed by atoms with Crippen molar-refractivity contribution in [3.05, 3.63) is 64.1 Å². The van der Waals surface area contributed by atoms with E-state index in [1.165, 1.54) is 18.4 Å². The summed E-state index contributed by atoms with van der Waals surface area (Å²) in [6, 6.07) is 16.2. The monoisotopic (exact) mass is 359 g/mol. The smallest absolute Gasteiger partial charge is 0.224 e. The van der Waals surface area contributed by atoms with Gasteiger partial charge in [0.2, 0.25) is 5.91 Å². The van der Waals surface area contributed by atoms with Crippen LogP contribution in [0.25, 0.3) is 0 Å². The number of hydrogen-bond donors (Lipinski definition) is 1. The zero-order chi connectivity index (χ0) is 15.8. The van der Waals surface area contributed by atoms with Crippen molar-refractivity contribution in [1.82, 2.24) is 0 Å². The minimum Gasteiger partial charge on any atom is -0.326 e. The Morgan fingerprint density at radius 2 is 1.77 bits per heavy atom. The zero-order valence-corrected chi connectivity index (χ0v) is 14.5. The summed E-state index contributed by atoms with van der Waals surface area (Å²) in [5.41, 5.74) is 3.36. The van der Waals surface area contributed by atoms with Gasteiger partial charge in [-0.1, -0.05) is 59.6 Å². The Kier molecular flexibility index (Phi) is 6.66. The van der Waals surface area contributed by atoms with Crippen LogP contribution < -0.4 is 5.32 Å². The largest absolute Gasteiger partial charge is 0.326 e. The van der Waals surface area contributed by atoms with Gasteiger partial charge in [0.15, 0.2) is 0 Å². The van der Waals surface area contributed by atoms with Crippen molar-refractivity contribution < 1.29 is 4.79 Å². The van der Waals surface area contributed by atoms with E-state index in [1.54, 1.807) is 0 Å². The van der Waals surface area contributed by atoms with Crippen LogP contribution in [0, 0.1) is 0 Å². The highest BCUT2D eigenvalue weighted by Gasteiger charge is 2.05. The van der Waals surface area contributed by atoms with E-state index in [9.17, 15) is 4.79 Å². The highest BCUT2D eigenvalue weighted by atomic mass is 79.9. The molecule has 0 aliphatic carbocycles. The van der Waals surface area contributed by atoms with E-state index >= 15 is 0 Å². The summed E-state index contributed by atoms with van der Waals surface area (Å²) in [6.07, 6.45) is 4.74. The second-order valence-corrected chi connectivity index (χ2v) is 6.29. The lowest BCUT2D eigenvalue weighted by molar-refractivity contribution is -0.116. The van der Waals surface area contributed by atoms with Crippen LogP contribution in [0.1, 0.15) is 37.3 Å². The molecular formula is C19H22BrNO. The summed E-state index contributed by atoms with van der Waals surface area (Å²) in [4.78, 5) is 12.0. The van der Waals surface area contributed by atoms with Gasteiger partial charge in [-0.3, -0.25) is 4.79 Å². The van der Waals surface area contributed by atoms with Crippen LogP contribution in [0.2, 0.25) is 0 Å². The SMILES string of the molecule is CCCCc1ccc(NC(=O)CCc2ccccc2Br)cc1. The van der Waals surface area contributed by atoms with Crippen molar-refractivity contribution in [3.8, 4) is 0 Å². The third kappa shape index (κ3) is 5.30. The Labute approximate surface area is 141 Å². The van der Waals surface area contributed by atoms with Gasteiger partial charge in [0.1, 0.15) is 0 Å². The quantitative estimate of drug-likeness (QED) is 0.707. The van der Waals surface area contributed by atoms with Gasteiger partial charge in [-0.2, -0.15) is 0 Å². The fourth-order valence-corrected chi connectivity index (χ4v) is 2.79. The van der Waals surface area contributed by atoms with Crippen LogP contribution in [-0.2, 0) is 17.6 Å². The number of carbonyl (C=O) groups is 1. The maximum Gasteiger partial charge on any atom is 0.224 e. The number of nitrogens with one attached hydrogen (secondary N) is 1. The Bertz CT molecular complexity index is 607. The number of amides is 1. The van der Waals surface area contributed by atoms with Crippen molar-refractivity contribution in [3.63, 3.8) is 0 Å². The Hall–Kier alpha value is -1.61. The first-order valence-corrected chi connectivity index (χ1v) is 8.60. The van der Waals surface area contributed by atoms with E-state index in [0.717, 1.165) is 28.6 Å². The fourth-order valence-electron chi connectivity index (χ4n) is 2.31. The summed E-state index contributed by atoms with van der Waals surface area (Å²) >= 11 is 3.51. The summed E-state index contributed by atoms with van der Waals surface area (Å²) in [5.74, 6) is 0.0528. The molecule has 0 bridgehead atoms. The molecule has 3 heteroatoms. The topological polar surface area (TPSA) is 29.1 Å². The van der Waals surface area contributed by atoms with E-state index in [2.05, 4.69) is 40.3 Å². The predicted octanol–water partition coefficient (Wildman–Crippen LogP) is 5.36. The second-order valence-electron chi connectivity index (χ2n) is 5.44.